The molecule has 5 heteroatoms. The molecule has 0 unspecified atom stereocenters. The normalized spacial score (nSPS) is 10.3. The highest BCUT2D eigenvalue weighted by atomic mass is 17.2. The summed E-state index contributed by atoms with van der Waals surface area (Å²) in [5.74, 6) is 0.446. The maximum absolute atomic E-state index is 8.49. The second-order valence-corrected chi connectivity index (χ2v) is 2.98. The molecule has 0 fully saturated rings. The molecular weight excluding hydrogens is 195 g/mol. The largest absolute Gasteiger partial charge is 0.672 e. The Kier molecular flexibility index (Phi) is 2.87. The van der Waals surface area contributed by atoms with Crippen LogP contribution in [0.5, 0.6) is 5.75 Å². The molecule has 0 aliphatic rings. The van der Waals surface area contributed by atoms with Crippen LogP contribution in [0.1, 0.15) is 0 Å². The van der Waals surface area contributed by atoms with Crippen LogP contribution in [0.25, 0.3) is 10.8 Å². The maximum Gasteiger partial charge on any atom is 0.672 e. The number of hydrogen-bond donors (Lipinski definition) is 2. The first-order valence-electron chi connectivity index (χ1n) is 4.44. The summed E-state index contributed by atoms with van der Waals surface area (Å²) >= 11 is 0. The summed E-state index contributed by atoms with van der Waals surface area (Å²) < 4.78 is 0. The highest BCUT2D eigenvalue weighted by Crippen LogP contribution is 2.25. The Morgan fingerprint density at radius 2 is 1.67 bits per heavy atom. The van der Waals surface area contributed by atoms with Gasteiger partial charge in [-0.3, -0.25) is 0 Å². The van der Waals surface area contributed by atoms with Crippen molar-refractivity contribution < 1.29 is 19.7 Å². The van der Waals surface area contributed by atoms with Crippen molar-refractivity contribution in [2.24, 2.45) is 0 Å². The van der Waals surface area contributed by atoms with Gasteiger partial charge in [-0.1, -0.05) is 36.4 Å². The SMILES string of the molecule is OB(O)OOc1cccc2ccccc12. The zero-order chi connectivity index (χ0) is 10.7. The molecule has 0 bridgehead atoms. The molecule has 0 aromatic heterocycles. The van der Waals surface area contributed by atoms with Crippen molar-refractivity contribution in [3.63, 3.8) is 0 Å². The predicted octanol–water partition coefficient (Wildman–Crippen LogP) is 1.12. The van der Waals surface area contributed by atoms with Crippen LogP contribution in [-0.2, 0) is 4.81 Å². The van der Waals surface area contributed by atoms with E-state index in [2.05, 4.69) is 4.81 Å². The molecule has 0 saturated heterocycles. The van der Waals surface area contributed by atoms with Gasteiger partial charge in [-0.05, 0) is 11.5 Å². The molecule has 0 spiro atoms. The lowest BCUT2D eigenvalue weighted by molar-refractivity contribution is -0.136. The van der Waals surface area contributed by atoms with Gasteiger partial charge >= 0.3 is 7.32 Å². The molecule has 76 valence electrons. The van der Waals surface area contributed by atoms with Crippen molar-refractivity contribution in [3.05, 3.63) is 42.5 Å². The van der Waals surface area contributed by atoms with Crippen molar-refractivity contribution in [2.75, 3.05) is 0 Å². The van der Waals surface area contributed by atoms with Crippen molar-refractivity contribution in [2.45, 2.75) is 0 Å². The van der Waals surface area contributed by atoms with Crippen molar-refractivity contribution in [3.8, 4) is 5.75 Å². The van der Waals surface area contributed by atoms with Crippen molar-refractivity contribution in [1.82, 2.24) is 0 Å². The topological polar surface area (TPSA) is 58.9 Å². The summed E-state index contributed by atoms with van der Waals surface area (Å²) in [4.78, 5) is 9.03. The summed E-state index contributed by atoms with van der Waals surface area (Å²) in [6.07, 6.45) is 0. The van der Waals surface area contributed by atoms with E-state index in [1.54, 1.807) is 12.1 Å². The Bertz CT molecular complexity index is 453. The van der Waals surface area contributed by atoms with Gasteiger partial charge in [0, 0.05) is 5.39 Å². The molecule has 2 N–H and O–H groups in total. The third-order valence-corrected chi connectivity index (χ3v) is 1.97. The molecule has 2 rings (SSSR count). The molecule has 15 heavy (non-hydrogen) atoms. The van der Waals surface area contributed by atoms with E-state index in [1.165, 1.54) is 0 Å². The molecule has 0 aliphatic heterocycles. The Labute approximate surface area is 86.8 Å². The Hall–Kier alpha value is -1.56. The lowest BCUT2D eigenvalue weighted by Gasteiger charge is -2.06. The minimum absolute atomic E-state index is 0.446. The second kappa shape index (κ2) is 4.31. The molecule has 0 aliphatic carbocycles. The number of rotatable bonds is 3. The number of benzene rings is 2. The van der Waals surface area contributed by atoms with Crippen LogP contribution in [0, 0.1) is 0 Å². The fourth-order valence-corrected chi connectivity index (χ4v) is 1.36. The van der Waals surface area contributed by atoms with Gasteiger partial charge in [0.2, 0.25) is 0 Å². The first-order valence-corrected chi connectivity index (χ1v) is 4.44. The van der Waals surface area contributed by atoms with E-state index in [-0.39, 0.29) is 0 Å². The molecule has 4 nitrogen and oxygen atoms in total. The van der Waals surface area contributed by atoms with Gasteiger partial charge in [-0.15, -0.1) is 0 Å². The highest BCUT2D eigenvalue weighted by Gasteiger charge is 2.11. The van der Waals surface area contributed by atoms with E-state index < -0.39 is 7.32 Å². The van der Waals surface area contributed by atoms with E-state index in [0.29, 0.717) is 5.75 Å². The van der Waals surface area contributed by atoms with Gasteiger partial charge in [0.15, 0.2) is 5.75 Å². The van der Waals surface area contributed by atoms with Crippen LogP contribution < -0.4 is 4.89 Å². The van der Waals surface area contributed by atoms with E-state index in [0.717, 1.165) is 10.8 Å². The molecule has 0 radical (unpaired) electrons. The van der Waals surface area contributed by atoms with E-state index in [9.17, 15) is 0 Å². The quantitative estimate of drug-likeness (QED) is 0.446. The summed E-state index contributed by atoms with van der Waals surface area (Å²) in [6, 6.07) is 13.0. The third-order valence-electron chi connectivity index (χ3n) is 1.97. The van der Waals surface area contributed by atoms with Crippen LogP contribution >= 0.6 is 0 Å². The predicted molar refractivity (Wildman–Crippen MR) is 55.9 cm³/mol. The zero-order valence-electron chi connectivity index (χ0n) is 7.83. The molecule has 2 aromatic rings. The monoisotopic (exact) mass is 204 g/mol. The number of fused-ring (bicyclic) bond motifs is 1. The minimum Gasteiger partial charge on any atom is -0.400 e. The van der Waals surface area contributed by atoms with Gasteiger partial charge in [-0.2, -0.15) is 4.81 Å². The third kappa shape index (κ3) is 2.27. The van der Waals surface area contributed by atoms with Gasteiger partial charge < -0.3 is 14.9 Å². The first-order chi connectivity index (χ1) is 7.27. The zero-order valence-corrected chi connectivity index (χ0v) is 7.83. The van der Waals surface area contributed by atoms with Gasteiger partial charge in [0.25, 0.3) is 0 Å². The summed E-state index contributed by atoms with van der Waals surface area (Å²) in [5.41, 5.74) is 0. The van der Waals surface area contributed by atoms with E-state index in [4.69, 9.17) is 14.9 Å². The van der Waals surface area contributed by atoms with Crippen LogP contribution in [-0.4, -0.2) is 17.4 Å². The second-order valence-electron chi connectivity index (χ2n) is 2.98. The average Bonchev–Trinajstić information content (AvgIpc) is 2.26. The summed E-state index contributed by atoms with van der Waals surface area (Å²) in [7, 11) is -1.94. The van der Waals surface area contributed by atoms with Crippen molar-refractivity contribution in [1.29, 1.82) is 0 Å². The van der Waals surface area contributed by atoms with Gasteiger partial charge in [-0.25, -0.2) is 0 Å². The summed E-state index contributed by atoms with van der Waals surface area (Å²) in [5, 5.41) is 18.8. The van der Waals surface area contributed by atoms with Crippen molar-refractivity contribution >= 4 is 18.1 Å². The fraction of sp³-hybridized carbons (Fsp3) is 0. The van der Waals surface area contributed by atoms with Gasteiger partial charge in [0.1, 0.15) is 0 Å². The molecule has 0 saturated carbocycles. The smallest absolute Gasteiger partial charge is 0.400 e. The first kappa shape index (κ1) is 9.98. The standard InChI is InChI=1S/C10H9BO4/c12-11(13)15-14-10-7-3-5-8-4-1-2-6-9(8)10/h1-7,12-13H. The van der Waals surface area contributed by atoms with E-state index in [1.807, 2.05) is 30.3 Å². The maximum atomic E-state index is 8.49. The molecule has 0 heterocycles. The Morgan fingerprint density at radius 1 is 0.933 bits per heavy atom. The average molecular weight is 204 g/mol. The number of hydrogen-bond acceptors (Lipinski definition) is 4. The van der Waals surface area contributed by atoms with E-state index >= 15 is 0 Å². The Balaban J connectivity index is 2.34. The Morgan fingerprint density at radius 3 is 2.47 bits per heavy atom. The van der Waals surface area contributed by atoms with Crippen LogP contribution in [0.2, 0.25) is 0 Å². The molecule has 0 amide bonds. The van der Waals surface area contributed by atoms with Gasteiger partial charge in [0.05, 0.1) is 0 Å². The fourth-order valence-electron chi connectivity index (χ4n) is 1.36. The summed E-state index contributed by atoms with van der Waals surface area (Å²) in [6.45, 7) is 0. The molecule has 2 aromatic carbocycles. The molecular formula is C10H9BO4. The molecule has 0 atom stereocenters. The lowest BCUT2D eigenvalue weighted by Crippen LogP contribution is -2.19. The van der Waals surface area contributed by atoms with Crippen LogP contribution in [0.4, 0.5) is 0 Å². The van der Waals surface area contributed by atoms with Crippen LogP contribution in [0.3, 0.4) is 0 Å². The minimum atomic E-state index is -1.94. The van der Waals surface area contributed by atoms with Crippen LogP contribution in [0.15, 0.2) is 42.5 Å². The lowest BCUT2D eigenvalue weighted by atomic mass is 10.1. The highest BCUT2D eigenvalue weighted by molar-refractivity contribution is 6.32.